The van der Waals surface area contributed by atoms with Gasteiger partial charge in [-0.05, 0) is 12.8 Å². The minimum Gasteiger partial charge on any atom is -0.453 e. The zero-order chi connectivity index (χ0) is 14.0. The number of ether oxygens (including phenoxy) is 1. The molecular formula is C13H23F3O2. The van der Waals surface area contributed by atoms with E-state index in [9.17, 15) is 18.0 Å². The van der Waals surface area contributed by atoms with Gasteiger partial charge < -0.3 is 4.74 Å². The first kappa shape index (κ1) is 17.3. The molecule has 0 spiro atoms. The summed E-state index contributed by atoms with van der Waals surface area (Å²) in [5, 5.41) is 0. The number of rotatable bonds is 9. The van der Waals surface area contributed by atoms with E-state index in [1.54, 1.807) is 0 Å². The van der Waals surface area contributed by atoms with Gasteiger partial charge in [0.05, 0.1) is 0 Å². The molecule has 0 N–H and O–H groups in total. The van der Waals surface area contributed by atoms with E-state index in [0.717, 1.165) is 32.1 Å². The summed E-state index contributed by atoms with van der Waals surface area (Å²) in [6.07, 6.45) is -1.09. The fourth-order valence-corrected chi connectivity index (χ4v) is 1.64. The molecule has 0 aliphatic heterocycles. The van der Waals surface area contributed by atoms with Crippen molar-refractivity contribution in [2.45, 2.75) is 77.5 Å². The molecule has 0 heterocycles. The SMILES string of the molecule is CCCCCCCCC(OC(=O)CC)C(F)(F)F. The summed E-state index contributed by atoms with van der Waals surface area (Å²) < 4.78 is 42.1. The van der Waals surface area contributed by atoms with Crippen LogP contribution in [0.15, 0.2) is 0 Å². The second-order valence-electron chi connectivity index (χ2n) is 4.43. The molecule has 0 aromatic carbocycles. The van der Waals surface area contributed by atoms with Gasteiger partial charge in [-0.3, -0.25) is 4.79 Å². The Morgan fingerprint density at radius 3 is 2.11 bits per heavy atom. The van der Waals surface area contributed by atoms with Crippen molar-refractivity contribution >= 4 is 5.97 Å². The molecule has 0 rings (SSSR count). The molecule has 0 saturated carbocycles. The van der Waals surface area contributed by atoms with Crippen molar-refractivity contribution in [2.75, 3.05) is 0 Å². The Kier molecular flexibility index (Phi) is 8.85. The predicted molar refractivity (Wildman–Crippen MR) is 64.2 cm³/mol. The van der Waals surface area contributed by atoms with E-state index in [0.29, 0.717) is 6.42 Å². The largest absolute Gasteiger partial charge is 0.453 e. The molecule has 1 unspecified atom stereocenters. The van der Waals surface area contributed by atoms with Crippen molar-refractivity contribution < 1.29 is 22.7 Å². The molecule has 0 aromatic rings. The third kappa shape index (κ3) is 8.37. The molecular weight excluding hydrogens is 245 g/mol. The molecule has 0 radical (unpaired) electrons. The van der Waals surface area contributed by atoms with Crippen molar-refractivity contribution in [1.82, 2.24) is 0 Å². The lowest BCUT2D eigenvalue weighted by atomic mass is 10.1. The van der Waals surface area contributed by atoms with E-state index < -0.39 is 18.2 Å². The molecule has 5 heteroatoms. The lowest BCUT2D eigenvalue weighted by Crippen LogP contribution is -2.33. The highest BCUT2D eigenvalue weighted by Crippen LogP contribution is 2.27. The van der Waals surface area contributed by atoms with Crippen molar-refractivity contribution in [3.63, 3.8) is 0 Å². The molecule has 1 atom stereocenters. The summed E-state index contributed by atoms with van der Waals surface area (Å²) in [6.45, 7) is 3.57. The van der Waals surface area contributed by atoms with E-state index in [1.165, 1.54) is 6.92 Å². The van der Waals surface area contributed by atoms with Gasteiger partial charge in [0.2, 0.25) is 0 Å². The molecule has 0 fully saturated rings. The minimum absolute atomic E-state index is 0.0247. The zero-order valence-corrected chi connectivity index (χ0v) is 11.2. The van der Waals surface area contributed by atoms with Crippen LogP contribution in [0.3, 0.4) is 0 Å². The number of carbonyl (C=O) groups excluding carboxylic acids is 1. The summed E-state index contributed by atoms with van der Waals surface area (Å²) in [5.41, 5.74) is 0. The number of alkyl halides is 3. The van der Waals surface area contributed by atoms with Crippen LogP contribution in [0, 0.1) is 0 Å². The van der Waals surface area contributed by atoms with Crippen LogP contribution in [-0.4, -0.2) is 18.2 Å². The van der Waals surface area contributed by atoms with E-state index in [2.05, 4.69) is 11.7 Å². The van der Waals surface area contributed by atoms with E-state index in [-0.39, 0.29) is 12.8 Å². The Hall–Kier alpha value is -0.740. The quantitative estimate of drug-likeness (QED) is 0.450. The fraction of sp³-hybridized carbons (Fsp3) is 0.923. The van der Waals surface area contributed by atoms with Crippen molar-refractivity contribution in [3.8, 4) is 0 Å². The van der Waals surface area contributed by atoms with Crippen LogP contribution < -0.4 is 0 Å². The number of unbranched alkanes of at least 4 members (excludes halogenated alkanes) is 5. The van der Waals surface area contributed by atoms with Gasteiger partial charge in [0.1, 0.15) is 0 Å². The highest BCUT2D eigenvalue weighted by Gasteiger charge is 2.41. The number of hydrogen-bond donors (Lipinski definition) is 0. The Balaban J connectivity index is 3.92. The van der Waals surface area contributed by atoms with Gasteiger partial charge in [0, 0.05) is 6.42 Å². The molecule has 0 bridgehead atoms. The average molecular weight is 268 g/mol. The van der Waals surface area contributed by atoms with Crippen LogP contribution >= 0.6 is 0 Å². The summed E-state index contributed by atoms with van der Waals surface area (Å²) in [5.74, 6) is -0.789. The number of hydrogen-bond acceptors (Lipinski definition) is 2. The van der Waals surface area contributed by atoms with Crippen molar-refractivity contribution in [1.29, 1.82) is 0 Å². The number of esters is 1. The normalized spacial score (nSPS) is 13.4. The average Bonchev–Trinajstić information content (AvgIpc) is 2.30. The first-order valence-corrected chi connectivity index (χ1v) is 6.68. The van der Waals surface area contributed by atoms with Crippen LogP contribution in [0.5, 0.6) is 0 Å². The van der Waals surface area contributed by atoms with Crippen molar-refractivity contribution in [2.24, 2.45) is 0 Å². The van der Waals surface area contributed by atoms with Gasteiger partial charge in [-0.15, -0.1) is 0 Å². The Morgan fingerprint density at radius 1 is 1.06 bits per heavy atom. The standard InChI is InChI=1S/C13H23F3O2/c1-3-5-6-7-8-9-10-11(13(14,15)16)18-12(17)4-2/h11H,3-10H2,1-2H3. The monoisotopic (exact) mass is 268 g/mol. The highest BCUT2D eigenvalue weighted by molar-refractivity contribution is 5.69. The molecule has 0 aliphatic carbocycles. The molecule has 2 nitrogen and oxygen atoms in total. The summed E-state index contributed by atoms with van der Waals surface area (Å²) in [4.78, 5) is 10.9. The first-order valence-electron chi connectivity index (χ1n) is 6.68. The maximum absolute atomic E-state index is 12.6. The summed E-state index contributed by atoms with van der Waals surface area (Å²) in [6, 6.07) is 0. The van der Waals surface area contributed by atoms with Gasteiger partial charge in [0.25, 0.3) is 0 Å². The molecule has 108 valence electrons. The maximum atomic E-state index is 12.6. The second-order valence-corrected chi connectivity index (χ2v) is 4.43. The Bertz CT molecular complexity index is 227. The highest BCUT2D eigenvalue weighted by atomic mass is 19.4. The molecule has 0 amide bonds. The summed E-state index contributed by atoms with van der Waals surface area (Å²) >= 11 is 0. The van der Waals surface area contributed by atoms with E-state index in [1.807, 2.05) is 0 Å². The van der Waals surface area contributed by atoms with Gasteiger partial charge in [-0.25, -0.2) is 0 Å². The van der Waals surface area contributed by atoms with Gasteiger partial charge in [-0.1, -0.05) is 46.0 Å². The molecule has 0 saturated heterocycles. The van der Waals surface area contributed by atoms with Crippen LogP contribution in [0.1, 0.15) is 65.2 Å². The predicted octanol–water partition coefficient (Wildman–Crippen LogP) is 4.62. The Morgan fingerprint density at radius 2 is 1.61 bits per heavy atom. The Labute approximate surface area is 107 Å². The third-order valence-electron chi connectivity index (χ3n) is 2.75. The van der Waals surface area contributed by atoms with Crippen LogP contribution in [0.4, 0.5) is 13.2 Å². The maximum Gasteiger partial charge on any atom is 0.425 e. The van der Waals surface area contributed by atoms with E-state index >= 15 is 0 Å². The van der Waals surface area contributed by atoms with Gasteiger partial charge >= 0.3 is 12.1 Å². The lowest BCUT2D eigenvalue weighted by Gasteiger charge is -2.20. The lowest BCUT2D eigenvalue weighted by molar-refractivity contribution is -0.222. The van der Waals surface area contributed by atoms with Crippen molar-refractivity contribution in [3.05, 3.63) is 0 Å². The smallest absolute Gasteiger partial charge is 0.425 e. The fourth-order valence-electron chi connectivity index (χ4n) is 1.64. The molecule has 18 heavy (non-hydrogen) atoms. The zero-order valence-electron chi connectivity index (χ0n) is 11.2. The summed E-state index contributed by atoms with van der Waals surface area (Å²) in [7, 11) is 0. The van der Waals surface area contributed by atoms with E-state index in [4.69, 9.17) is 0 Å². The van der Waals surface area contributed by atoms with Crippen LogP contribution in [-0.2, 0) is 9.53 Å². The van der Waals surface area contributed by atoms with Crippen LogP contribution in [0.25, 0.3) is 0 Å². The molecule has 0 aromatic heterocycles. The topological polar surface area (TPSA) is 26.3 Å². The first-order chi connectivity index (χ1) is 8.41. The van der Waals surface area contributed by atoms with Gasteiger partial charge in [-0.2, -0.15) is 13.2 Å². The van der Waals surface area contributed by atoms with Gasteiger partial charge in [0.15, 0.2) is 6.10 Å². The number of carbonyl (C=O) groups is 1. The second kappa shape index (κ2) is 9.22. The molecule has 0 aliphatic rings. The van der Waals surface area contributed by atoms with Crippen LogP contribution in [0.2, 0.25) is 0 Å². The minimum atomic E-state index is -4.45. The third-order valence-corrected chi connectivity index (χ3v) is 2.75. The number of halogens is 3.